The van der Waals surface area contributed by atoms with Crippen LogP contribution in [-0.4, -0.2) is 70.1 Å². The predicted molar refractivity (Wildman–Crippen MR) is 135 cm³/mol. The largest absolute Gasteiger partial charge is 0.449 e. The van der Waals surface area contributed by atoms with Gasteiger partial charge in [-0.05, 0) is 91.4 Å². The van der Waals surface area contributed by atoms with Gasteiger partial charge < -0.3 is 25.2 Å². The van der Waals surface area contributed by atoms with Gasteiger partial charge in [-0.3, -0.25) is 4.79 Å². The summed E-state index contributed by atoms with van der Waals surface area (Å²) in [6, 6.07) is 0. The van der Waals surface area contributed by atoms with Crippen LogP contribution in [0.1, 0.15) is 78.6 Å². The number of hydrogen-bond acceptors (Lipinski definition) is 7. The van der Waals surface area contributed by atoms with Crippen LogP contribution in [0.4, 0.5) is 4.79 Å². The lowest BCUT2D eigenvalue weighted by molar-refractivity contribution is -0.122. The van der Waals surface area contributed by atoms with Crippen molar-refractivity contribution in [1.29, 1.82) is 0 Å². The van der Waals surface area contributed by atoms with Crippen LogP contribution in [0.2, 0.25) is 0 Å². The SMILES string of the molecule is CNC(=O)CCC(C)(C)OCC(C)(C)NC(=O)OCC1C2CCc3nnn(C(C)(C)CO)c3CCC21. The Bertz CT molecular complexity index is 926. The number of aliphatic hydroxyl groups is 1. The molecule has 2 aliphatic carbocycles. The normalized spacial score (nSPS) is 22.1. The number of aliphatic hydroxyl groups excluding tert-OH is 1. The molecular formula is C26H45N5O5. The van der Waals surface area contributed by atoms with E-state index in [4.69, 9.17) is 9.47 Å². The van der Waals surface area contributed by atoms with Crippen LogP contribution in [0.3, 0.4) is 0 Å². The summed E-state index contributed by atoms with van der Waals surface area (Å²) in [7, 11) is 1.62. The molecule has 0 saturated heterocycles. The summed E-state index contributed by atoms with van der Waals surface area (Å²) >= 11 is 0. The summed E-state index contributed by atoms with van der Waals surface area (Å²) in [4.78, 5) is 24.1. The fraction of sp³-hybridized carbons (Fsp3) is 0.846. The molecule has 1 fully saturated rings. The number of ether oxygens (including phenoxy) is 2. The topological polar surface area (TPSA) is 128 Å². The van der Waals surface area contributed by atoms with Crippen molar-refractivity contribution in [3.63, 3.8) is 0 Å². The second-order valence-corrected chi connectivity index (χ2v) is 12.3. The van der Waals surface area contributed by atoms with Crippen molar-refractivity contribution in [2.24, 2.45) is 17.8 Å². The van der Waals surface area contributed by atoms with Crippen LogP contribution >= 0.6 is 0 Å². The van der Waals surface area contributed by atoms with E-state index >= 15 is 0 Å². The standard InChI is InChI=1S/C26H45N5O5/c1-24(2,16-36-26(5,6)13-12-22(33)27-7)28-23(34)35-14-19-17-8-10-20-21(11-9-18(17)19)31(30-29-20)25(3,4)15-32/h17-19,32H,8-16H2,1-7H3,(H,27,33)(H,28,34). The predicted octanol–water partition coefficient (Wildman–Crippen LogP) is 2.57. The van der Waals surface area contributed by atoms with E-state index in [0.717, 1.165) is 37.1 Å². The maximum atomic E-state index is 12.5. The van der Waals surface area contributed by atoms with Crippen molar-refractivity contribution in [3.8, 4) is 0 Å². The Kier molecular flexibility index (Phi) is 8.70. The van der Waals surface area contributed by atoms with Crippen LogP contribution in [0, 0.1) is 17.8 Å². The first-order chi connectivity index (χ1) is 16.8. The molecule has 3 unspecified atom stereocenters. The molecule has 1 aromatic rings. The van der Waals surface area contributed by atoms with Crippen molar-refractivity contribution in [3.05, 3.63) is 11.4 Å². The molecule has 3 atom stereocenters. The number of rotatable bonds is 11. The lowest BCUT2D eigenvalue weighted by Gasteiger charge is -2.32. The second kappa shape index (κ2) is 11.0. The number of fused-ring (bicyclic) bond motifs is 2. The molecule has 204 valence electrons. The van der Waals surface area contributed by atoms with Crippen molar-refractivity contribution in [1.82, 2.24) is 25.6 Å². The Hall–Kier alpha value is -2.20. The van der Waals surface area contributed by atoms with Crippen LogP contribution in [0.5, 0.6) is 0 Å². The van der Waals surface area contributed by atoms with Crippen LogP contribution in [0.15, 0.2) is 0 Å². The Balaban J connectivity index is 1.44. The van der Waals surface area contributed by atoms with Gasteiger partial charge in [-0.1, -0.05) is 5.21 Å². The van der Waals surface area contributed by atoms with E-state index in [1.54, 1.807) is 7.05 Å². The van der Waals surface area contributed by atoms with Crippen molar-refractivity contribution in [2.75, 3.05) is 26.9 Å². The van der Waals surface area contributed by atoms with E-state index in [9.17, 15) is 14.7 Å². The van der Waals surface area contributed by atoms with Gasteiger partial charge in [0.25, 0.3) is 0 Å². The van der Waals surface area contributed by atoms with Crippen LogP contribution < -0.4 is 10.6 Å². The molecule has 0 spiro atoms. The third-order valence-corrected chi connectivity index (χ3v) is 7.65. The molecule has 3 N–H and O–H groups in total. The summed E-state index contributed by atoms with van der Waals surface area (Å²) in [5.41, 5.74) is 0.590. The molecule has 0 aromatic carbocycles. The number of hydrogen-bond donors (Lipinski definition) is 3. The monoisotopic (exact) mass is 507 g/mol. The lowest BCUT2D eigenvalue weighted by atomic mass is 9.99. The molecule has 2 amide bonds. The molecule has 1 aromatic heterocycles. The minimum atomic E-state index is -0.606. The minimum absolute atomic E-state index is 0.00925. The maximum Gasteiger partial charge on any atom is 0.407 e. The molecule has 1 saturated carbocycles. The number of amides is 2. The number of aromatic nitrogens is 3. The quantitative estimate of drug-likeness (QED) is 0.420. The first kappa shape index (κ1) is 28.4. The number of alkyl carbamates (subject to hydrolysis) is 1. The zero-order chi connectivity index (χ0) is 26.7. The highest BCUT2D eigenvalue weighted by molar-refractivity contribution is 5.75. The third-order valence-electron chi connectivity index (χ3n) is 7.65. The van der Waals surface area contributed by atoms with E-state index < -0.39 is 22.8 Å². The number of nitrogens with one attached hydrogen (secondary N) is 2. The third kappa shape index (κ3) is 7.18. The van der Waals surface area contributed by atoms with Gasteiger partial charge in [0.05, 0.1) is 47.9 Å². The van der Waals surface area contributed by atoms with Gasteiger partial charge in [-0.2, -0.15) is 0 Å². The molecule has 10 heteroatoms. The van der Waals surface area contributed by atoms with Gasteiger partial charge >= 0.3 is 6.09 Å². The van der Waals surface area contributed by atoms with Gasteiger partial charge in [-0.15, -0.1) is 5.10 Å². The van der Waals surface area contributed by atoms with Gasteiger partial charge in [0.2, 0.25) is 5.91 Å². The molecule has 36 heavy (non-hydrogen) atoms. The summed E-state index contributed by atoms with van der Waals surface area (Å²) < 4.78 is 13.5. The van der Waals surface area contributed by atoms with Crippen molar-refractivity contribution >= 4 is 12.0 Å². The van der Waals surface area contributed by atoms with Crippen molar-refractivity contribution in [2.45, 2.75) is 96.7 Å². The van der Waals surface area contributed by atoms with Crippen LogP contribution in [-0.2, 0) is 32.6 Å². The zero-order valence-corrected chi connectivity index (χ0v) is 23.0. The number of carbonyl (C=O) groups excluding carboxylic acids is 2. The summed E-state index contributed by atoms with van der Waals surface area (Å²) in [6.45, 7) is 12.3. The van der Waals surface area contributed by atoms with Gasteiger partial charge in [0.1, 0.15) is 0 Å². The first-order valence-corrected chi connectivity index (χ1v) is 13.1. The number of aryl methyl sites for hydroxylation is 1. The van der Waals surface area contributed by atoms with E-state index in [-0.39, 0.29) is 12.5 Å². The molecule has 0 bridgehead atoms. The fourth-order valence-corrected chi connectivity index (χ4v) is 5.07. The Labute approximate surface area is 214 Å². The minimum Gasteiger partial charge on any atom is -0.449 e. The zero-order valence-electron chi connectivity index (χ0n) is 23.0. The highest BCUT2D eigenvalue weighted by Crippen LogP contribution is 2.53. The first-order valence-electron chi connectivity index (χ1n) is 13.1. The molecule has 3 rings (SSSR count). The van der Waals surface area contributed by atoms with E-state index in [1.807, 2.05) is 46.2 Å². The van der Waals surface area contributed by atoms with Gasteiger partial charge in [-0.25, -0.2) is 9.48 Å². The van der Waals surface area contributed by atoms with E-state index in [1.165, 1.54) is 0 Å². The van der Waals surface area contributed by atoms with Gasteiger partial charge in [0.15, 0.2) is 0 Å². The fourth-order valence-electron chi connectivity index (χ4n) is 5.07. The molecule has 2 aliphatic rings. The maximum absolute atomic E-state index is 12.5. The molecule has 1 heterocycles. The second-order valence-electron chi connectivity index (χ2n) is 12.3. The van der Waals surface area contributed by atoms with E-state index in [0.29, 0.717) is 43.8 Å². The van der Waals surface area contributed by atoms with Gasteiger partial charge in [0, 0.05) is 13.5 Å². The summed E-state index contributed by atoms with van der Waals surface area (Å²) in [5, 5.41) is 24.0. The average molecular weight is 508 g/mol. The lowest BCUT2D eigenvalue weighted by Crippen LogP contribution is -2.49. The Morgan fingerprint density at radius 1 is 1.11 bits per heavy atom. The van der Waals surface area contributed by atoms with Crippen LogP contribution in [0.25, 0.3) is 0 Å². The molecule has 0 radical (unpaired) electrons. The molecule has 10 nitrogen and oxygen atoms in total. The average Bonchev–Trinajstić information content (AvgIpc) is 3.29. The molecular weight excluding hydrogens is 462 g/mol. The Morgan fingerprint density at radius 3 is 2.42 bits per heavy atom. The number of carbonyl (C=O) groups is 2. The number of nitrogens with zero attached hydrogens (tertiary/aromatic N) is 3. The van der Waals surface area contributed by atoms with E-state index in [2.05, 4.69) is 20.9 Å². The summed E-state index contributed by atoms with van der Waals surface area (Å²) in [5.74, 6) is 1.43. The van der Waals surface area contributed by atoms with Crippen molar-refractivity contribution < 1.29 is 24.2 Å². The Morgan fingerprint density at radius 2 is 1.78 bits per heavy atom. The highest BCUT2D eigenvalue weighted by atomic mass is 16.6. The summed E-state index contributed by atoms with van der Waals surface area (Å²) in [6.07, 6.45) is 4.30. The smallest absolute Gasteiger partial charge is 0.407 e. The highest BCUT2D eigenvalue weighted by Gasteiger charge is 2.50. The molecule has 0 aliphatic heterocycles.